The van der Waals surface area contributed by atoms with Gasteiger partial charge in [-0.05, 0) is 24.6 Å². The molecular formula is C14H16ClFN2O. The zero-order chi connectivity index (χ0) is 14.0. The molecule has 3 nitrogen and oxygen atoms in total. The van der Waals surface area contributed by atoms with E-state index in [0.29, 0.717) is 0 Å². The molecule has 0 spiro atoms. The summed E-state index contributed by atoms with van der Waals surface area (Å²) in [5, 5.41) is 14.7. The Morgan fingerprint density at radius 2 is 2.21 bits per heavy atom. The van der Waals surface area contributed by atoms with Crippen LogP contribution in [-0.2, 0) is 19.9 Å². The number of aliphatic hydroxyl groups excluding tert-OH is 1. The van der Waals surface area contributed by atoms with Crippen molar-refractivity contribution in [3.63, 3.8) is 0 Å². The van der Waals surface area contributed by atoms with Gasteiger partial charge in [0.2, 0.25) is 0 Å². The van der Waals surface area contributed by atoms with Crippen LogP contribution in [0, 0.1) is 5.82 Å². The third-order valence-electron chi connectivity index (χ3n) is 3.12. The minimum Gasteiger partial charge on any atom is -0.388 e. The summed E-state index contributed by atoms with van der Waals surface area (Å²) in [6.07, 6.45) is 0.128. The van der Waals surface area contributed by atoms with Gasteiger partial charge in [-0.25, -0.2) is 4.39 Å². The zero-order valence-electron chi connectivity index (χ0n) is 10.9. The quantitative estimate of drug-likeness (QED) is 0.936. The fourth-order valence-electron chi connectivity index (χ4n) is 2.06. The van der Waals surface area contributed by atoms with E-state index in [4.69, 9.17) is 11.6 Å². The Hall–Kier alpha value is -1.39. The van der Waals surface area contributed by atoms with E-state index >= 15 is 0 Å². The molecule has 0 aliphatic heterocycles. The van der Waals surface area contributed by atoms with Gasteiger partial charge in [0.15, 0.2) is 0 Å². The number of halogens is 2. The lowest BCUT2D eigenvalue weighted by Gasteiger charge is -2.13. The van der Waals surface area contributed by atoms with Crippen LogP contribution in [0.3, 0.4) is 0 Å². The smallest absolute Gasteiger partial charge is 0.130 e. The second kappa shape index (κ2) is 5.72. The van der Waals surface area contributed by atoms with Crippen LogP contribution in [0.1, 0.15) is 30.0 Å². The summed E-state index contributed by atoms with van der Waals surface area (Å²) in [5.41, 5.74) is 1.94. The molecule has 2 rings (SSSR count). The Morgan fingerprint density at radius 1 is 1.47 bits per heavy atom. The van der Waals surface area contributed by atoms with Gasteiger partial charge in [-0.2, -0.15) is 5.10 Å². The van der Waals surface area contributed by atoms with Crippen molar-refractivity contribution in [3.8, 4) is 0 Å². The van der Waals surface area contributed by atoms with Gasteiger partial charge >= 0.3 is 0 Å². The molecule has 0 aliphatic carbocycles. The van der Waals surface area contributed by atoms with Crippen LogP contribution in [0.4, 0.5) is 4.39 Å². The molecule has 0 saturated heterocycles. The van der Waals surface area contributed by atoms with Gasteiger partial charge < -0.3 is 5.11 Å². The van der Waals surface area contributed by atoms with Crippen molar-refractivity contribution < 1.29 is 9.50 Å². The van der Waals surface area contributed by atoms with Crippen LogP contribution in [0.25, 0.3) is 0 Å². The number of aliphatic hydroxyl groups is 1. The average Bonchev–Trinajstić information content (AvgIpc) is 2.70. The Bertz CT molecular complexity index is 563. The molecule has 0 fully saturated rings. The molecule has 0 radical (unpaired) electrons. The molecule has 19 heavy (non-hydrogen) atoms. The summed E-state index contributed by atoms with van der Waals surface area (Å²) in [6, 6.07) is 6.31. The highest BCUT2D eigenvalue weighted by molar-refractivity contribution is 6.31. The van der Waals surface area contributed by atoms with Gasteiger partial charge in [-0.1, -0.05) is 24.6 Å². The van der Waals surface area contributed by atoms with Crippen LogP contribution in [-0.4, -0.2) is 14.9 Å². The third kappa shape index (κ3) is 2.96. The van der Waals surface area contributed by atoms with Crippen LogP contribution >= 0.6 is 11.6 Å². The lowest BCUT2D eigenvalue weighted by atomic mass is 10.0. The molecule has 5 heteroatoms. The van der Waals surface area contributed by atoms with Gasteiger partial charge in [0.1, 0.15) is 5.82 Å². The number of benzene rings is 1. The number of rotatable bonds is 4. The first kappa shape index (κ1) is 14.0. The highest BCUT2D eigenvalue weighted by Gasteiger charge is 2.18. The molecule has 1 aromatic heterocycles. The number of hydrogen-bond donors (Lipinski definition) is 1. The topological polar surface area (TPSA) is 38.0 Å². The van der Waals surface area contributed by atoms with E-state index in [1.165, 1.54) is 12.1 Å². The minimum atomic E-state index is -0.978. The van der Waals surface area contributed by atoms with Crippen molar-refractivity contribution in [1.82, 2.24) is 9.78 Å². The summed E-state index contributed by atoms with van der Waals surface area (Å²) >= 11 is 5.94. The summed E-state index contributed by atoms with van der Waals surface area (Å²) in [5.74, 6) is -0.488. The number of hydrogen-bond acceptors (Lipinski definition) is 2. The summed E-state index contributed by atoms with van der Waals surface area (Å²) in [4.78, 5) is 0. The second-order valence-corrected chi connectivity index (χ2v) is 4.87. The maximum Gasteiger partial charge on any atom is 0.130 e. The lowest BCUT2D eigenvalue weighted by Crippen LogP contribution is -2.08. The van der Waals surface area contributed by atoms with Gasteiger partial charge in [-0.3, -0.25) is 4.68 Å². The molecular weight excluding hydrogens is 267 g/mol. The maximum absolute atomic E-state index is 13.7. The monoisotopic (exact) mass is 282 g/mol. The molecule has 0 bridgehead atoms. The molecule has 0 amide bonds. The highest BCUT2D eigenvalue weighted by atomic mass is 35.5. The summed E-state index contributed by atoms with van der Waals surface area (Å²) in [6.45, 7) is 2.01. The van der Waals surface area contributed by atoms with Crippen LogP contribution < -0.4 is 0 Å². The molecule has 1 unspecified atom stereocenters. The van der Waals surface area contributed by atoms with Crippen molar-refractivity contribution in [3.05, 3.63) is 52.1 Å². The Labute approximate surface area is 116 Å². The molecule has 1 aromatic carbocycles. The molecule has 102 valence electrons. The number of aryl methyl sites for hydroxylation is 2. The molecule has 0 aliphatic rings. The van der Waals surface area contributed by atoms with E-state index in [2.05, 4.69) is 5.10 Å². The predicted molar refractivity (Wildman–Crippen MR) is 72.7 cm³/mol. The molecule has 1 N–H and O–H groups in total. The summed E-state index contributed by atoms with van der Waals surface area (Å²) in [7, 11) is 1.81. The van der Waals surface area contributed by atoms with Crippen LogP contribution in [0.2, 0.25) is 5.02 Å². The van der Waals surface area contributed by atoms with E-state index in [1.807, 2.05) is 20.0 Å². The minimum absolute atomic E-state index is 0.142. The first-order valence-corrected chi connectivity index (χ1v) is 6.54. The SMILES string of the molecule is CCc1cc(CC(O)c2c(F)cccc2Cl)n(C)n1. The highest BCUT2D eigenvalue weighted by Crippen LogP contribution is 2.28. The van der Waals surface area contributed by atoms with Crippen molar-refractivity contribution in [2.45, 2.75) is 25.9 Å². The van der Waals surface area contributed by atoms with Crippen LogP contribution in [0.5, 0.6) is 0 Å². The second-order valence-electron chi connectivity index (χ2n) is 4.46. The van der Waals surface area contributed by atoms with E-state index in [1.54, 1.807) is 10.7 Å². The van der Waals surface area contributed by atoms with Crippen molar-refractivity contribution in [2.24, 2.45) is 7.05 Å². The Kier molecular flexibility index (Phi) is 4.22. The molecule has 2 aromatic rings. The fourth-order valence-corrected chi connectivity index (χ4v) is 2.35. The van der Waals surface area contributed by atoms with Crippen molar-refractivity contribution in [1.29, 1.82) is 0 Å². The van der Waals surface area contributed by atoms with Crippen molar-refractivity contribution >= 4 is 11.6 Å². The molecule has 0 saturated carbocycles. The largest absolute Gasteiger partial charge is 0.388 e. The lowest BCUT2D eigenvalue weighted by molar-refractivity contribution is 0.171. The standard InChI is InChI=1S/C14H16ClFN2O/c1-3-9-7-10(18(2)17-9)8-13(19)14-11(15)5-4-6-12(14)16/h4-7,13,19H,3,8H2,1-2H3. The number of aromatic nitrogens is 2. The van der Waals surface area contributed by atoms with Gasteiger partial charge in [-0.15, -0.1) is 0 Å². The van der Waals surface area contributed by atoms with Gasteiger partial charge in [0.05, 0.1) is 11.8 Å². The zero-order valence-corrected chi connectivity index (χ0v) is 11.7. The first-order valence-electron chi connectivity index (χ1n) is 6.16. The van der Waals surface area contributed by atoms with E-state index in [0.717, 1.165) is 17.8 Å². The molecule has 1 atom stereocenters. The Balaban J connectivity index is 2.25. The van der Waals surface area contributed by atoms with Crippen molar-refractivity contribution in [2.75, 3.05) is 0 Å². The number of nitrogens with zero attached hydrogens (tertiary/aromatic N) is 2. The summed E-state index contributed by atoms with van der Waals surface area (Å²) < 4.78 is 15.4. The Morgan fingerprint density at radius 3 is 2.79 bits per heavy atom. The van der Waals surface area contributed by atoms with E-state index in [-0.39, 0.29) is 17.0 Å². The van der Waals surface area contributed by atoms with Gasteiger partial charge in [0, 0.05) is 29.7 Å². The van der Waals surface area contributed by atoms with Gasteiger partial charge in [0.25, 0.3) is 0 Å². The average molecular weight is 283 g/mol. The first-order chi connectivity index (χ1) is 9.02. The molecule has 1 heterocycles. The fraction of sp³-hybridized carbons (Fsp3) is 0.357. The predicted octanol–water partition coefficient (Wildman–Crippen LogP) is 3.05. The van der Waals surface area contributed by atoms with Crippen LogP contribution in [0.15, 0.2) is 24.3 Å². The third-order valence-corrected chi connectivity index (χ3v) is 3.45. The maximum atomic E-state index is 13.7. The van der Waals surface area contributed by atoms with E-state index in [9.17, 15) is 9.50 Å². The van der Waals surface area contributed by atoms with E-state index < -0.39 is 11.9 Å². The normalized spacial score (nSPS) is 12.7.